The highest BCUT2D eigenvalue weighted by Crippen LogP contribution is 2.16. The number of piperidine rings is 1. The zero-order valence-corrected chi connectivity index (χ0v) is 20.7. The number of nitrogens with zero attached hydrogens (tertiary/aromatic N) is 2. The smallest absolute Gasteiger partial charge is 0.254 e. The number of likely N-dealkylation sites (tertiary alicyclic amines) is 1. The molecule has 0 atom stereocenters. The standard InChI is InChI=1S/C29H35N3O3/c1-22-18-28(35-21-26-6-4-3-5-7-26)19-29(34)32(22)17-12-24-8-10-25(11-9-24)20-31-15-13-27(14-16-31)30-23(2)33/h3-11,18-19,27H,12-17,20-21H2,1-2H3,(H,30,33). The number of benzene rings is 2. The predicted molar refractivity (Wildman–Crippen MR) is 138 cm³/mol. The molecule has 35 heavy (non-hydrogen) atoms. The average Bonchev–Trinajstić information content (AvgIpc) is 2.85. The van der Waals surface area contributed by atoms with Crippen molar-refractivity contribution in [2.45, 2.75) is 58.8 Å². The van der Waals surface area contributed by atoms with Gasteiger partial charge in [-0.05, 0) is 48.9 Å². The Labute approximate surface area is 207 Å². The van der Waals surface area contributed by atoms with Crippen molar-refractivity contribution in [1.82, 2.24) is 14.8 Å². The molecular formula is C29H35N3O3. The number of carbonyl (C=O) groups excluding carboxylic acids is 1. The van der Waals surface area contributed by atoms with Crippen LogP contribution < -0.4 is 15.6 Å². The SMILES string of the molecule is CC(=O)NC1CCN(Cc2ccc(CCn3c(C)cc(OCc4ccccc4)cc3=O)cc2)CC1. The minimum absolute atomic E-state index is 0.0349. The number of ether oxygens (including phenoxy) is 1. The highest BCUT2D eigenvalue weighted by Gasteiger charge is 2.19. The Balaban J connectivity index is 1.27. The first-order chi connectivity index (χ1) is 17.0. The average molecular weight is 474 g/mol. The van der Waals surface area contributed by atoms with E-state index in [1.807, 2.05) is 47.9 Å². The molecule has 0 spiro atoms. The molecule has 1 aliphatic heterocycles. The van der Waals surface area contributed by atoms with Gasteiger partial charge in [0.1, 0.15) is 12.4 Å². The molecule has 1 aliphatic rings. The number of rotatable bonds is 9. The number of hydrogen-bond acceptors (Lipinski definition) is 4. The van der Waals surface area contributed by atoms with Crippen LogP contribution in [0.25, 0.3) is 0 Å². The Morgan fingerprint density at radius 1 is 0.971 bits per heavy atom. The van der Waals surface area contributed by atoms with E-state index in [-0.39, 0.29) is 11.5 Å². The van der Waals surface area contributed by atoms with Gasteiger partial charge in [-0.25, -0.2) is 0 Å². The maximum Gasteiger partial charge on any atom is 0.254 e. The van der Waals surface area contributed by atoms with Gasteiger partial charge in [-0.1, -0.05) is 54.6 Å². The predicted octanol–water partition coefficient (Wildman–Crippen LogP) is 4.08. The van der Waals surface area contributed by atoms with Crippen LogP contribution in [0.2, 0.25) is 0 Å². The molecule has 3 aromatic rings. The van der Waals surface area contributed by atoms with Crippen molar-refractivity contribution in [3.8, 4) is 5.75 Å². The molecule has 0 unspecified atom stereocenters. The molecule has 1 amide bonds. The summed E-state index contributed by atoms with van der Waals surface area (Å²) in [6, 6.07) is 22.5. The molecule has 4 rings (SSSR count). The summed E-state index contributed by atoms with van der Waals surface area (Å²) in [6.07, 6.45) is 2.80. The lowest BCUT2D eigenvalue weighted by atomic mass is 10.0. The van der Waals surface area contributed by atoms with Crippen LogP contribution >= 0.6 is 0 Å². The molecule has 184 valence electrons. The minimum atomic E-state index is -0.0349. The summed E-state index contributed by atoms with van der Waals surface area (Å²) in [7, 11) is 0. The lowest BCUT2D eigenvalue weighted by Gasteiger charge is -2.32. The van der Waals surface area contributed by atoms with Crippen molar-refractivity contribution in [2.24, 2.45) is 0 Å². The summed E-state index contributed by atoms with van der Waals surface area (Å²) in [6.45, 7) is 7.55. The summed E-state index contributed by atoms with van der Waals surface area (Å²) in [5, 5.41) is 3.03. The van der Waals surface area contributed by atoms with Crippen LogP contribution in [0.15, 0.2) is 71.5 Å². The monoisotopic (exact) mass is 473 g/mol. The summed E-state index contributed by atoms with van der Waals surface area (Å²) in [5.74, 6) is 0.668. The van der Waals surface area contributed by atoms with E-state index < -0.39 is 0 Å². The number of pyridine rings is 1. The summed E-state index contributed by atoms with van der Waals surface area (Å²) in [5.41, 5.74) is 4.45. The fourth-order valence-corrected chi connectivity index (χ4v) is 4.64. The van der Waals surface area contributed by atoms with E-state index in [0.29, 0.717) is 24.9 Å². The highest BCUT2D eigenvalue weighted by atomic mass is 16.5. The number of amides is 1. The van der Waals surface area contributed by atoms with Gasteiger partial charge in [0.2, 0.25) is 5.91 Å². The van der Waals surface area contributed by atoms with Gasteiger partial charge in [0.05, 0.1) is 0 Å². The summed E-state index contributed by atoms with van der Waals surface area (Å²) >= 11 is 0. The molecule has 1 N–H and O–H groups in total. The molecule has 1 saturated heterocycles. The third-order valence-electron chi connectivity index (χ3n) is 6.61. The lowest BCUT2D eigenvalue weighted by molar-refractivity contribution is -0.119. The van der Waals surface area contributed by atoms with Gasteiger partial charge < -0.3 is 14.6 Å². The van der Waals surface area contributed by atoms with Gasteiger partial charge in [-0.15, -0.1) is 0 Å². The summed E-state index contributed by atoms with van der Waals surface area (Å²) in [4.78, 5) is 26.4. The Hall–Kier alpha value is -3.38. The summed E-state index contributed by atoms with van der Waals surface area (Å²) < 4.78 is 7.64. The fourth-order valence-electron chi connectivity index (χ4n) is 4.64. The Kier molecular flexibility index (Phi) is 8.37. The normalized spacial score (nSPS) is 14.6. The van der Waals surface area contributed by atoms with Gasteiger partial charge >= 0.3 is 0 Å². The maximum absolute atomic E-state index is 12.7. The van der Waals surface area contributed by atoms with E-state index in [4.69, 9.17) is 4.74 Å². The van der Waals surface area contributed by atoms with E-state index >= 15 is 0 Å². The van der Waals surface area contributed by atoms with E-state index in [2.05, 4.69) is 34.5 Å². The largest absolute Gasteiger partial charge is 0.489 e. The minimum Gasteiger partial charge on any atom is -0.489 e. The molecule has 0 saturated carbocycles. The molecule has 0 aliphatic carbocycles. The van der Waals surface area contributed by atoms with Gasteiger partial charge in [0, 0.05) is 50.9 Å². The van der Waals surface area contributed by atoms with Crippen LogP contribution in [-0.4, -0.2) is 34.5 Å². The first-order valence-electron chi connectivity index (χ1n) is 12.4. The van der Waals surface area contributed by atoms with Crippen molar-refractivity contribution in [3.05, 3.63) is 99.5 Å². The second-order valence-electron chi connectivity index (χ2n) is 9.41. The zero-order chi connectivity index (χ0) is 24.6. The van der Waals surface area contributed by atoms with Crippen molar-refractivity contribution in [2.75, 3.05) is 13.1 Å². The van der Waals surface area contributed by atoms with Crippen LogP contribution in [0.3, 0.4) is 0 Å². The zero-order valence-electron chi connectivity index (χ0n) is 20.7. The number of hydrogen-bond donors (Lipinski definition) is 1. The molecule has 6 heteroatoms. The molecule has 2 aromatic carbocycles. The highest BCUT2D eigenvalue weighted by molar-refractivity contribution is 5.73. The van der Waals surface area contributed by atoms with Gasteiger partial charge in [0.15, 0.2) is 0 Å². The second-order valence-corrected chi connectivity index (χ2v) is 9.41. The van der Waals surface area contributed by atoms with Crippen LogP contribution in [-0.2, 0) is 30.9 Å². The molecule has 2 heterocycles. The number of aromatic nitrogens is 1. The Morgan fingerprint density at radius 2 is 1.66 bits per heavy atom. The number of nitrogens with one attached hydrogen (secondary N) is 1. The molecular weight excluding hydrogens is 438 g/mol. The molecule has 0 radical (unpaired) electrons. The van der Waals surface area contributed by atoms with Crippen LogP contribution in [0.1, 0.15) is 42.1 Å². The fraction of sp³-hybridized carbons (Fsp3) is 0.379. The topological polar surface area (TPSA) is 63.6 Å². The Morgan fingerprint density at radius 3 is 2.31 bits per heavy atom. The van der Waals surface area contributed by atoms with Gasteiger partial charge in [-0.3, -0.25) is 14.5 Å². The molecule has 1 aromatic heterocycles. The number of aryl methyl sites for hydroxylation is 2. The van der Waals surface area contributed by atoms with Crippen molar-refractivity contribution in [1.29, 1.82) is 0 Å². The molecule has 1 fully saturated rings. The van der Waals surface area contributed by atoms with E-state index in [1.54, 1.807) is 13.0 Å². The van der Waals surface area contributed by atoms with Crippen molar-refractivity contribution in [3.63, 3.8) is 0 Å². The van der Waals surface area contributed by atoms with Crippen LogP contribution in [0.4, 0.5) is 0 Å². The van der Waals surface area contributed by atoms with E-state index in [1.165, 1.54) is 11.1 Å². The third kappa shape index (κ3) is 7.30. The molecule has 6 nitrogen and oxygen atoms in total. The third-order valence-corrected chi connectivity index (χ3v) is 6.61. The van der Waals surface area contributed by atoms with E-state index in [9.17, 15) is 9.59 Å². The lowest BCUT2D eigenvalue weighted by Crippen LogP contribution is -2.43. The van der Waals surface area contributed by atoms with Crippen LogP contribution in [0, 0.1) is 6.92 Å². The van der Waals surface area contributed by atoms with Gasteiger partial charge in [-0.2, -0.15) is 0 Å². The first-order valence-corrected chi connectivity index (χ1v) is 12.4. The second kappa shape index (κ2) is 11.8. The van der Waals surface area contributed by atoms with Gasteiger partial charge in [0.25, 0.3) is 5.56 Å². The quantitative estimate of drug-likeness (QED) is 0.509. The maximum atomic E-state index is 12.7. The number of carbonyl (C=O) groups is 1. The van der Waals surface area contributed by atoms with E-state index in [0.717, 1.165) is 50.2 Å². The molecule has 0 bridgehead atoms. The van der Waals surface area contributed by atoms with Crippen molar-refractivity contribution < 1.29 is 9.53 Å². The van der Waals surface area contributed by atoms with Crippen molar-refractivity contribution >= 4 is 5.91 Å². The van der Waals surface area contributed by atoms with Crippen LogP contribution in [0.5, 0.6) is 5.75 Å². The first kappa shape index (κ1) is 24.7. The Bertz CT molecular complexity index is 1160.